The Morgan fingerprint density at radius 2 is 1.79 bits per heavy atom. The van der Waals surface area contributed by atoms with E-state index in [0.29, 0.717) is 33.8 Å². The molecule has 0 spiro atoms. The molecule has 0 fully saturated rings. The Labute approximate surface area is 170 Å². The van der Waals surface area contributed by atoms with E-state index in [2.05, 4.69) is 15.9 Å². The Morgan fingerprint density at radius 1 is 1.11 bits per heavy atom. The molecule has 3 N–H and O–H groups in total. The number of aliphatic carboxylic acids is 1. The number of nitrogens with two attached hydrogens (primary N) is 1. The van der Waals surface area contributed by atoms with E-state index in [4.69, 9.17) is 20.3 Å². The van der Waals surface area contributed by atoms with Crippen molar-refractivity contribution < 1.29 is 24.2 Å². The zero-order chi connectivity index (χ0) is 20.3. The van der Waals surface area contributed by atoms with Crippen LogP contribution in [0.1, 0.15) is 24.0 Å². The van der Waals surface area contributed by atoms with Crippen LogP contribution in [-0.4, -0.2) is 23.8 Å². The average Bonchev–Trinajstić information content (AvgIpc) is 3.12. The lowest BCUT2D eigenvalue weighted by molar-refractivity contribution is -0.131. The second-order valence-corrected chi connectivity index (χ2v) is 7.14. The zero-order valence-corrected chi connectivity index (χ0v) is 16.6. The maximum Gasteiger partial charge on any atom is 0.328 e. The van der Waals surface area contributed by atoms with Crippen LogP contribution in [0.3, 0.4) is 0 Å². The first kappa shape index (κ1) is 19.7. The molecule has 0 saturated heterocycles. The second kappa shape index (κ2) is 8.31. The number of fused-ring (bicyclic) bond motifs is 1. The van der Waals surface area contributed by atoms with Crippen molar-refractivity contribution in [2.24, 2.45) is 5.73 Å². The highest BCUT2D eigenvalue weighted by Crippen LogP contribution is 2.40. The Bertz CT molecular complexity index is 979. The van der Waals surface area contributed by atoms with E-state index in [9.17, 15) is 9.59 Å². The summed E-state index contributed by atoms with van der Waals surface area (Å²) in [6, 6.07) is 12.6. The van der Waals surface area contributed by atoms with E-state index < -0.39 is 17.8 Å². The lowest BCUT2D eigenvalue weighted by Crippen LogP contribution is -2.23. The summed E-state index contributed by atoms with van der Waals surface area (Å²) in [5, 5.41) is 8.99. The molecule has 1 aliphatic rings. The minimum absolute atomic E-state index is 0.127. The number of carbonyl (C=O) groups is 2. The molecule has 3 rings (SSSR count). The van der Waals surface area contributed by atoms with Gasteiger partial charge in [0, 0.05) is 10.5 Å². The number of benzene rings is 2. The molecule has 7 heteroatoms. The van der Waals surface area contributed by atoms with Gasteiger partial charge in [0.1, 0.15) is 0 Å². The minimum atomic E-state index is -1.08. The van der Waals surface area contributed by atoms with Crippen LogP contribution in [-0.2, 0) is 9.59 Å². The molecular formula is C21H18BrNO5. The standard InChI is InChI=1S/C21H18BrNO5/c1-12(2-9-18(24)25)19(14-5-8-16-17(10-14)28-11-27-16)20(21(23)26)13-3-6-15(22)7-4-13/h2-10,20H,11H2,1H3,(H2,23,26)(H,24,25). The van der Waals surface area contributed by atoms with Crippen molar-refractivity contribution in [1.29, 1.82) is 0 Å². The van der Waals surface area contributed by atoms with Gasteiger partial charge in [-0.05, 0) is 53.5 Å². The summed E-state index contributed by atoms with van der Waals surface area (Å²) in [4.78, 5) is 23.4. The highest BCUT2D eigenvalue weighted by molar-refractivity contribution is 9.10. The van der Waals surface area contributed by atoms with Crippen LogP contribution in [0.5, 0.6) is 11.5 Å². The highest BCUT2D eigenvalue weighted by atomic mass is 79.9. The molecule has 2 aromatic carbocycles. The normalized spacial score (nSPS) is 14.6. The highest BCUT2D eigenvalue weighted by Gasteiger charge is 2.27. The summed E-state index contributed by atoms with van der Waals surface area (Å²) in [6.07, 6.45) is 2.49. The summed E-state index contributed by atoms with van der Waals surface area (Å²) in [7, 11) is 0. The number of amides is 1. The van der Waals surface area contributed by atoms with E-state index in [1.807, 2.05) is 12.1 Å². The van der Waals surface area contributed by atoms with E-state index in [1.54, 1.807) is 37.3 Å². The molecule has 2 aromatic rings. The van der Waals surface area contributed by atoms with Crippen LogP contribution in [0.2, 0.25) is 0 Å². The fourth-order valence-electron chi connectivity index (χ4n) is 3.10. The van der Waals surface area contributed by atoms with Gasteiger partial charge in [-0.15, -0.1) is 0 Å². The molecule has 1 amide bonds. The van der Waals surface area contributed by atoms with Crippen LogP contribution in [0.15, 0.2) is 64.7 Å². The zero-order valence-electron chi connectivity index (χ0n) is 15.0. The molecule has 0 aromatic heterocycles. The summed E-state index contributed by atoms with van der Waals surface area (Å²) in [6.45, 7) is 1.87. The number of ether oxygens (including phenoxy) is 2. The number of carboxylic acids is 1. The molecule has 1 unspecified atom stereocenters. The number of halogens is 1. The Balaban J connectivity index is 2.19. The summed E-state index contributed by atoms with van der Waals surface area (Å²) in [5.41, 5.74) is 8.38. The lowest BCUT2D eigenvalue weighted by atomic mass is 9.83. The van der Waals surface area contributed by atoms with Gasteiger partial charge in [-0.25, -0.2) is 4.79 Å². The predicted molar refractivity (Wildman–Crippen MR) is 108 cm³/mol. The van der Waals surface area contributed by atoms with Crippen molar-refractivity contribution in [3.63, 3.8) is 0 Å². The number of rotatable bonds is 6. The topological polar surface area (TPSA) is 98.8 Å². The summed E-state index contributed by atoms with van der Waals surface area (Å²) in [5.74, 6) is -1.22. The van der Waals surface area contributed by atoms with Crippen molar-refractivity contribution in [3.05, 3.63) is 75.8 Å². The Kier molecular flexibility index (Phi) is 5.84. The molecule has 0 radical (unpaired) electrons. The minimum Gasteiger partial charge on any atom is -0.478 e. The van der Waals surface area contributed by atoms with Gasteiger partial charge in [0.25, 0.3) is 0 Å². The molecule has 0 bridgehead atoms. The van der Waals surface area contributed by atoms with Gasteiger partial charge in [-0.2, -0.15) is 0 Å². The van der Waals surface area contributed by atoms with Crippen molar-refractivity contribution in [3.8, 4) is 11.5 Å². The molecule has 6 nitrogen and oxygen atoms in total. The third kappa shape index (κ3) is 4.26. The van der Waals surface area contributed by atoms with Gasteiger partial charge in [0.2, 0.25) is 12.7 Å². The first-order valence-electron chi connectivity index (χ1n) is 8.43. The first-order valence-corrected chi connectivity index (χ1v) is 9.22. The molecular weight excluding hydrogens is 426 g/mol. The third-order valence-corrected chi connectivity index (χ3v) is 4.89. The summed E-state index contributed by atoms with van der Waals surface area (Å²) < 4.78 is 11.7. The number of allylic oxidation sites excluding steroid dienone is 2. The lowest BCUT2D eigenvalue weighted by Gasteiger charge is -2.21. The third-order valence-electron chi connectivity index (χ3n) is 4.36. The van der Waals surface area contributed by atoms with E-state index in [1.165, 1.54) is 6.08 Å². The summed E-state index contributed by atoms with van der Waals surface area (Å²) >= 11 is 3.38. The fourth-order valence-corrected chi connectivity index (χ4v) is 3.36. The fraction of sp³-hybridized carbons (Fsp3) is 0.143. The van der Waals surface area contributed by atoms with Gasteiger partial charge in [-0.1, -0.05) is 40.2 Å². The van der Waals surface area contributed by atoms with Gasteiger partial charge in [0.05, 0.1) is 5.92 Å². The maximum atomic E-state index is 12.5. The van der Waals surface area contributed by atoms with Crippen LogP contribution in [0, 0.1) is 0 Å². The molecule has 1 aliphatic heterocycles. The van der Waals surface area contributed by atoms with Crippen LogP contribution >= 0.6 is 15.9 Å². The number of carbonyl (C=O) groups excluding carboxylic acids is 1. The number of hydrogen-bond donors (Lipinski definition) is 2. The second-order valence-electron chi connectivity index (χ2n) is 6.22. The molecule has 0 saturated carbocycles. The van der Waals surface area contributed by atoms with Crippen LogP contribution < -0.4 is 15.2 Å². The van der Waals surface area contributed by atoms with E-state index in [0.717, 1.165) is 10.5 Å². The van der Waals surface area contributed by atoms with Crippen molar-refractivity contribution in [2.45, 2.75) is 12.8 Å². The smallest absolute Gasteiger partial charge is 0.328 e. The van der Waals surface area contributed by atoms with Crippen molar-refractivity contribution in [1.82, 2.24) is 0 Å². The van der Waals surface area contributed by atoms with Crippen LogP contribution in [0.25, 0.3) is 5.57 Å². The van der Waals surface area contributed by atoms with Gasteiger partial charge in [-0.3, -0.25) is 4.79 Å². The van der Waals surface area contributed by atoms with E-state index in [-0.39, 0.29) is 6.79 Å². The molecule has 1 atom stereocenters. The number of carboxylic acid groups (broad SMARTS) is 1. The largest absolute Gasteiger partial charge is 0.478 e. The molecule has 1 heterocycles. The monoisotopic (exact) mass is 443 g/mol. The molecule has 144 valence electrons. The Morgan fingerprint density at radius 3 is 2.43 bits per heavy atom. The maximum absolute atomic E-state index is 12.5. The van der Waals surface area contributed by atoms with Crippen molar-refractivity contribution >= 4 is 33.4 Å². The molecule has 0 aliphatic carbocycles. The first-order chi connectivity index (χ1) is 13.4. The van der Waals surface area contributed by atoms with Gasteiger partial charge < -0.3 is 20.3 Å². The average molecular weight is 444 g/mol. The van der Waals surface area contributed by atoms with Gasteiger partial charge in [0.15, 0.2) is 11.5 Å². The molecule has 28 heavy (non-hydrogen) atoms. The van der Waals surface area contributed by atoms with Gasteiger partial charge >= 0.3 is 5.97 Å². The SMILES string of the molecule is CC(C=CC(=O)O)=C(c1ccc2c(c1)OCO2)C(C(N)=O)c1ccc(Br)cc1. The van der Waals surface area contributed by atoms with Crippen molar-refractivity contribution in [2.75, 3.05) is 6.79 Å². The van der Waals surface area contributed by atoms with Crippen LogP contribution in [0.4, 0.5) is 0 Å². The quantitative estimate of drug-likeness (QED) is 0.521. The Hall–Kier alpha value is -3.06. The van der Waals surface area contributed by atoms with E-state index >= 15 is 0 Å². The number of hydrogen-bond acceptors (Lipinski definition) is 4. The number of primary amides is 1. The predicted octanol–water partition coefficient (Wildman–Crippen LogP) is 3.86.